The summed E-state index contributed by atoms with van der Waals surface area (Å²) in [6.07, 6.45) is 6.54. The van der Waals surface area contributed by atoms with Crippen LogP contribution in [0, 0.1) is 5.92 Å². The van der Waals surface area contributed by atoms with E-state index in [0.717, 1.165) is 48.7 Å². The van der Waals surface area contributed by atoms with E-state index in [0.29, 0.717) is 30.8 Å². The molecule has 0 bridgehead atoms. The molecule has 2 amide bonds. The molecule has 1 saturated heterocycles. The van der Waals surface area contributed by atoms with Gasteiger partial charge in [0.15, 0.2) is 0 Å². The van der Waals surface area contributed by atoms with Crippen molar-refractivity contribution in [3.8, 4) is 0 Å². The van der Waals surface area contributed by atoms with E-state index in [2.05, 4.69) is 50.8 Å². The summed E-state index contributed by atoms with van der Waals surface area (Å²) in [4.78, 5) is 32.6. The van der Waals surface area contributed by atoms with Crippen molar-refractivity contribution in [3.05, 3.63) is 94.7 Å². The summed E-state index contributed by atoms with van der Waals surface area (Å²) in [7, 11) is 0. The van der Waals surface area contributed by atoms with Crippen molar-refractivity contribution in [2.45, 2.75) is 37.5 Å². The van der Waals surface area contributed by atoms with Crippen LogP contribution >= 0.6 is 0 Å². The highest BCUT2D eigenvalue weighted by molar-refractivity contribution is 6.06. The maximum absolute atomic E-state index is 12.9. The van der Waals surface area contributed by atoms with E-state index in [1.807, 2.05) is 30.3 Å². The normalized spacial score (nSPS) is 21.3. The molecule has 0 saturated carbocycles. The number of aromatic nitrogens is 1. The molecule has 0 radical (unpaired) electrons. The lowest BCUT2D eigenvalue weighted by Crippen LogP contribution is -2.40. The molecule has 184 valence electrons. The Kier molecular flexibility index (Phi) is 6.05. The number of carbonyl (C=O) groups is 2. The number of nitrogens with zero attached hydrogens (tertiary/aromatic N) is 2. The van der Waals surface area contributed by atoms with Crippen molar-refractivity contribution in [2.24, 2.45) is 5.92 Å². The highest BCUT2D eigenvalue weighted by atomic mass is 16.2. The van der Waals surface area contributed by atoms with Gasteiger partial charge in [0.25, 0.3) is 5.91 Å². The monoisotopic (exact) mass is 480 g/mol. The standard InChI is InChI=1S/C30H32N4O2/c35-28(32-13-16-34-14-10-22(11-15-34)17-21-5-2-1-3-6-21)23-8-9-24-19-30(20-25(24)18-23)26-7-4-12-31-27(26)33-29(30)36/h1-9,12,18,22H,10-11,13-17,19-20H2,(H,32,35)(H,31,33,36). The molecule has 3 aromatic rings. The summed E-state index contributed by atoms with van der Waals surface area (Å²) in [6.45, 7) is 3.70. The topological polar surface area (TPSA) is 74.3 Å². The van der Waals surface area contributed by atoms with Gasteiger partial charge in [0, 0.05) is 30.4 Å². The average molecular weight is 481 g/mol. The Bertz CT molecular complexity index is 1280. The molecule has 2 aliphatic heterocycles. The molecule has 1 spiro atoms. The Hall–Kier alpha value is -3.51. The number of amides is 2. The summed E-state index contributed by atoms with van der Waals surface area (Å²) in [5.74, 6) is 1.37. The van der Waals surface area contributed by atoms with E-state index in [9.17, 15) is 9.59 Å². The van der Waals surface area contributed by atoms with Crippen molar-refractivity contribution in [1.29, 1.82) is 0 Å². The van der Waals surface area contributed by atoms with Gasteiger partial charge < -0.3 is 15.5 Å². The lowest BCUT2D eigenvalue weighted by molar-refractivity contribution is -0.120. The summed E-state index contributed by atoms with van der Waals surface area (Å²) >= 11 is 0. The fraction of sp³-hybridized carbons (Fsp3) is 0.367. The predicted octanol–water partition coefficient (Wildman–Crippen LogP) is 3.75. The molecule has 3 aliphatic rings. The van der Waals surface area contributed by atoms with E-state index in [-0.39, 0.29) is 11.8 Å². The molecule has 6 heteroatoms. The molecule has 6 nitrogen and oxygen atoms in total. The van der Waals surface area contributed by atoms with Crippen LogP contribution in [-0.2, 0) is 29.5 Å². The number of rotatable bonds is 6. The first-order valence-corrected chi connectivity index (χ1v) is 13.0. The number of anilines is 1. The van der Waals surface area contributed by atoms with Crippen molar-refractivity contribution in [3.63, 3.8) is 0 Å². The third kappa shape index (κ3) is 4.30. The van der Waals surface area contributed by atoms with E-state index >= 15 is 0 Å². The molecular weight excluding hydrogens is 448 g/mol. The number of hydrogen-bond donors (Lipinski definition) is 2. The lowest BCUT2D eigenvalue weighted by atomic mass is 9.79. The number of carbonyl (C=O) groups excluding carboxylic acids is 2. The summed E-state index contributed by atoms with van der Waals surface area (Å²) < 4.78 is 0. The second-order valence-corrected chi connectivity index (χ2v) is 10.5. The van der Waals surface area contributed by atoms with Crippen molar-refractivity contribution < 1.29 is 9.59 Å². The largest absolute Gasteiger partial charge is 0.351 e. The van der Waals surface area contributed by atoms with Crippen molar-refractivity contribution >= 4 is 17.6 Å². The first kappa shape index (κ1) is 22.9. The van der Waals surface area contributed by atoms with Gasteiger partial charge in [0.05, 0.1) is 5.41 Å². The molecule has 6 rings (SSSR count). The van der Waals surface area contributed by atoms with E-state index in [1.165, 1.54) is 18.4 Å². The number of fused-ring (bicyclic) bond motifs is 3. The zero-order chi connectivity index (χ0) is 24.5. The molecule has 1 aromatic heterocycles. The highest BCUT2D eigenvalue weighted by Gasteiger charge is 2.51. The quantitative estimate of drug-likeness (QED) is 0.564. The smallest absolute Gasteiger partial charge is 0.251 e. The molecule has 1 atom stereocenters. The van der Waals surface area contributed by atoms with Crippen molar-refractivity contribution in [2.75, 3.05) is 31.5 Å². The van der Waals surface area contributed by atoms with Gasteiger partial charge in [0.1, 0.15) is 5.82 Å². The van der Waals surface area contributed by atoms with Crippen LogP contribution in [0.1, 0.15) is 45.5 Å². The molecule has 2 aromatic carbocycles. The minimum Gasteiger partial charge on any atom is -0.351 e. The van der Waals surface area contributed by atoms with Gasteiger partial charge in [-0.05, 0) is 86.0 Å². The summed E-state index contributed by atoms with van der Waals surface area (Å²) in [6, 6.07) is 20.5. The average Bonchev–Trinajstić information content (AvgIpc) is 3.42. The van der Waals surface area contributed by atoms with Gasteiger partial charge in [-0.1, -0.05) is 42.5 Å². The Balaban J connectivity index is 1.01. The van der Waals surface area contributed by atoms with Gasteiger partial charge in [-0.3, -0.25) is 9.59 Å². The predicted molar refractivity (Wildman–Crippen MR) is 140 cm³/mol. The number of likely N-dealkylation sites (tertiary alicyclic amines) is 1. The van der Waals surface area contributed by atoms with Crippen LogP contribution in [0.2, 0.25) is 0 Å². The number of pyridine rings is 1. The van der Waals surface area contributed by atoms with Crippen LogP contribution in [0.5, 0.6) is 0 Å². The maximum Gasteiger partial charge on any atom is 0.251 e. The van der Waals surface area contributed by atoms with Crippen LogP contribution in [0.15, 0.2) is 66.9 Å². The molecule has 36 heavy (non-hydrogen) atoms. The Labute approximate surface area is 212 Å². The fourth-order valence-electron chi connectivity index (χ4n) is 6.20. The lowest BCUT2D eigenvalue weighted by Gasteiger charge is -2.32. The van der Waals surface area contributed by atoms with E-state index < -0.39 is 5.41 Å². The van der Waals surface area contributed by atoms with E-state index in [4.69, 9.17) is 0 Å². The van der Waals surface area contributed by atoms with E-state index in [1.54, 1.807) is 6.20 Å². The Morgan fingerprint density at radius 1 is 1.03 bits per heavy atom. The van der Waals surface area contributed by atoms with Crippen LogP contribution in [-0.4, -0.2) is 47.9 Å². The zero-order valence-electron chi connectivity index (χ0n) is 20.5. The fourth-order valence-corrected chi connectivity index (χ4v) is 6.20. The van der Waals surface area contributed by atoms with Gasteiger partial charge in [-0.2, -0.15) is 0 Å². The number of hydrogen-bond acceptors (Lipinski definition) is 4. The number of benzene rings is 2. The molecular formula is C30H32N4O2. The summed E-state index contributed by atoms with van der Waals surface area (Å²) in [5.41, 5.74) is 4.67. The van der Waals surface area contributed by atoms with Gasteiger partial charge >= 0.3 is 0 Å². The van der Waals surface area contributed by atoms with Crippen LogP contribution in [0.25, 0.3) is 0 Å². The molecule has 3 heterocycles. The van der Waals surface area contributed by atoms with Crippen LogP contribution < -0.4 is 10.6 Å². The van der Waals surface area contributed by atoms with Gasteiger partial charge in [-0.15, -0.1) is 0 Å². The van der Waals surface area contributed by atoms with Crippen LogP contribution in [0.4, 0.5) is 5.82 Å². The van der Waals surface area contributed by atoms with Gasteiger partial charge in [0.2, 0.25) is 5.91 Å². The second kappa shape index (κ2) is 9.51. The molecule has 1 aliphatic carbocycles. The molecule has 2 N–H and O–H groups in total. The zero-order valence-corrected chi connectivity index (χ0v) is 20.5. The molecule has 1 fully saturated rings. The Morgan fingerprint density at radius 2 is 1.83 bits per heavy atom. The first-order chi connectivity index (χ1) is 17.6. The Morgan fingerprint density at radius 3 is 2.67 bits per heavy atom. The summed E-state index contributed by atoms with van der Waals surface area (Å²) in [5, 5.41) is 6.05. The van der Waals surface area contributed by atoms with Crippen LogP contribution in [0.3, 0.4) is 0 Å². The highest BCUT2D eigenvalue weighted by Crippen LogP contribution is 2.46. The van der Waals surface area contributed by atoms with Crippen molar-refractivity contribution in [1.82, 2.24) is 15.2 Å². The van der Waals surface area contributed by atoms with Gasteiger partial charge in [-0.25, -0.2) is 4.98 Å². The first-order valence-electron chi connectivity index (χ1n) is 13.0. The minimum atomic E-state index is -0.604. The third-order valence-corrected chi connectivity index (χ3v) is 8.23. The SMILES string of the molecule is O=C(NCCN1CCC(Cc2ccccc2)CC1)c1ccc2c(c1)CC1(C2)C(=O)Nc2ncccc21. The minimum absolute atomic E-state index is 0.00550. The maximum atomic E-state index is 12.9. The molecule has 1 unspecified atom stereocenters. The number of nitrogens with one attached hydrogen (secondary N) is 2. The second-order valence-electron chi connectivity index (χ2n) is 10.5. The third-order valence-electron chi connectivity index (χ3n) is 8.23. The number of piperidine rings is 1.